The summed E-state index contributed by atoms with van der Waals surface area (Å²) in [6.45, 7) is 0. The standard InChI is InChI=1S/C21H18N6O3/c22-13-4-1-7-16(10-13)28-19-25-20(29-17-8-2-5-14(23)11-17)27-21(26-19)30-18-9-3-6-15(24)12-18/h1-12H,22-24H2. The molecule has 1 heterocycles. The van der Waals surface area contributed by atoms with Gasteiger partial charge in [-0.15, -0.1) is 15.0 Å². The Balaban J connectivity index is 1.67. The third kappa shape index (κ3) is 4.84. The molecule has 0 fully saturated rings. The van der Waals surface area contributed by atoms with E-state index in [1.165, 1.54) is 0 Å². The Labute approximate surface area is 172 Å². The fraction of sp³-hybridized carbons (Fsp3) is 0. The molecular weight excluding hydrogens is 384 g/mol. The van der Waals surface area contributed by atoms with Crippen LogP contribution in [-0.4, -0.2) is 15.0 Å². The van der Waals surface area contributed by atoms with Crippen LogP contribution in [0.1, 0.15) is 0 Å². The molecule has 0 bridgehead atoms. The fourth-order valence-corrected chi connectivity index (χ4v) is 2.51. The van der Waals surface area contributed by atoms with Crippen molar-refractivity contribution in [1.29, 1.82) is 0 Å². The summed E-state index contributed by atoms with van der Waals surface area (Å²) in [5.41, 5.74) is 19.0. The van der Waals surface area contributed by atoms with Crippen molar-refractivity contribution in [2.45, 2.75) is 0 Å². The Bertz CT molecular complexity index is 1030. The molecule has 0 saturated heterocycles. The Morgan fingerprint density at radius 2 is 0.767 bits per heavy atom. The van der Waals surface area contributed by atoms with Gasteiger partial charge in [-0.05, 0) is 36.4 Å². The Hall–Kier alpha value is -4.53. The van der Waals surface area contributed by atoms with Gasteiger partial charge in [0.15, 0.2) is 0 Å². The zero-order valence-electron chi connectivity index (χ0n) is 15.7. The highest BCUT2D eigenvalue weighted by Gasteiger charge is 2.13. The Morgan fingerprint density at radius 1 is 0.467 bits per heavy atom. The van der Waals surface area contributed by atoms with Gasteiger partial charge >= 0.3 is 18.0 Å². The molecular formula is C21H18N6O3. The van der Waals surface area contributed by atoms with Gasteiger partial charge in [0.2, 0.25) is 0 Å². The predicted octanol–water partition coefficient (Wildman–Crippen LogP) is 4.00. The monoisotopic (exact) mass is 402 g/mol. The largest absolute Gasteiger partial charge is 0.424 e. The molecule has 0 saturated carbocycles. The zero-order chi connectivity index (χ0) is 20.9. The zero-order valence-corrected chi connectivity index (χ0v) is 15.7. The lowest BCUT2D eigenvalue weighted by atomic mass is 10.3. The molecule has 0 aliphatic carbocycles. The molecule has 4 aromatic rings. The second-order valence-electron chi connectivity index (χ2n) is 6.21. The number of ether oxygens (including phenoxy) is 3. The molecule has 0 amide bonds. The van der Waals surface area contributed by atoms with Crippen LogP contribution in [0.15, 0.2) is 72.8 Å². The third-order valence-electron chi connectivity index (χ3n) is 3.78. The van der Waals surface area contributed by atoms with Gasteiger partial charge in [0.25, 0.3) is 0 Å². The highest BCUT2D eigenvalue weighted by atomic mass is 16.5. The third-order valence-corrected chi connectivity index (χ3v) is 3.78. The molecule has 0 aliphatic rings. The Kier molecular flexibility index (Phi) is 5.16. The number of hydrogen-bond acceptors (Lipinski definition) is 9. The SMILES string of the molecule is Nc1cccc(Oc2nc(Oc3cccc(N)c3)nc(Oc3cccc(N)c3)n2)c1. The molecule has 9 nitrogen and oxygen atoms in total. The minimum absolute atomic E-state index is 0.0339. The maximum atomic E-state index is 5.80. The minimum atomic E-state index is -0.0339. The van der Waals surface area contributed by atoms with E-state index >= 15 is 0 Å². The van der Waals surface area contributed by atoms with Crippen LogP contribution < -0.4 is 31.4 Å². The number of nitrogen functional groups attached to an aromatic ring is 3. The van der Waals surface area contributed by atoms with Crippen molar-refractivity contribution in [1.82, 2.24) is 15.0 Å². The van der Waals surface area contributed by atoms with Gasteiger partial charge in [-0.25, -0.2) is 0 Å². The van der Waals surface area contributed by atoms with Crippen molar-refractivity contribution >= 4 is 17.1 Å². The predicted molar refractivity (Wildman–Crippen MR) is 113 cm³/mol. The van der Waals surface area contributed by atoms with Crippen LogP contribution in [0.25, 0.3) is 0 Å². The molecule has 0 radical (unpaired) electrons. The molecule has 4 rings (SSSR count). The first-order valence-electron chi connectivity index (χ1n) is 8.90. The first-order valence-corrected chi connectivity index (χ1v) is 8.90. The van der Waals surface area contributed by atoms with E-state index in [2.05, 4.69) is 15.0 Å². The highest BCUT2D eigenvalue weighted by Crippen LogP contribution is 2.28. The van der Waals surface area contributed by atoms with Gasteiger partial charge in [-0.2, -0.15) is 0 Å². The van der Waals surface area contributed by atoms with Crippen LogP contribution in [0, 0.1) is 0 Å². The quantitative estimate of drug-likeness (QED) is 0.407. The van der Waals surface area contributed by atoms with Gasteiger partial charge < -0.3 is 31.4 Å². The maximum absolute atomic E-state index is 5.80. The van der Waals surface area contributed by atoms with E-state index in [0.29, 0.717) is 34.3 Å². The van der Waals surface area contributed by atoms with Crippen LogP contribution in [0.5, 0.6) is 35.3 Å². The molecule has 1 aromatic heterocycles. The van der Waals surface area contributed by atoms with Crippen molar-refractivity contribution in [2.75, 3.05) is 17.2 Å². The number of hydrogen-bond donors (Lipinski definition) is 3. The number of benzene rings is 3. The van der Waals surface area contributed by atoms with Crippen LogP contribution in [0.4, 0.5) is 17.1 Å². The summed E-state index contributed by atoms with van der Waals surface area (Å²) in [5.74, 6) is 1.35. The van der Waals surface area contributed by atoms with Crippen molar-refractivity contribution in [2.24, 2.45) is 0 Å². The van der Waals surface area contributed by atoms with E-state index in [9.17, 15) is 0 Å². The van der Waals surface area contributed by atoms with Gasteiger partial charge in [0, 0.05) is 35.3 Å². The molecule has 6 N–H and O–H groups in total. The van der Waals surface area contributed by atoms with E-state index in [1.54, 1.807) is 72.8 Å². The smallest absolute Gasteiger partial charge is 0.331 e. The second kappa shape index (κ2) is 8.23. The first kappa shape index (κ1) is 18.8. The van der Waals surface area contributed by atoms with Crippen molar-refractivity contribution in [3.8, 4) is 35.3 Å². The molecule has 0 atom stereocenters. The lowest BCUT2D eigenvalue weighted by molar-refractivity contribution is 0.362. The fourth-order valence-electron chi connectivity index (χ4n) is 2.51. The van der Waals surface area contributed by atoms with Crippen LogP contribution in [0.2, 0.25) is 0 Å². The molecule has 0 aliphatic heterocycles. The normalized spacial score (nSPS) is 10.4. The van der Waals surface area contributed by atoms with Gasteiger partial charge in [0.1, 0.15) is 17.2 Å². The number of anilines is 3. The van der Waals surface area contributed by atoms with E-state index in [0.717, 1.165) is 0 Å². The minimum Gasteiger partial charge on any atom is -0.424 e. The second-order valence-corrected chi connectivity index (χ2v) is 6.21. The summed E-state index contributed by atoms with van der Waals surface area (Å²) < 4.78 is 17.1. The van der Waals surface area contributed by atoms with E-state index in [1.807, 2.05) is 0 Å². The topological polar surface area (TPSA) is 144 Å². The first-order chi connectivity index (χ1) is 14.5. The lowest BCUT2D eigenvalue weighted by Gasteiger charge is -2.10. The van der Waals surface area contributed by atoms with Crippen LogP contribution >= 0.6 is 0 Å². The highest BCUT2D eigenvalue weighted by molar-refractivity contribution is 5.46. The van der Waals surface area contributed by atoms with Crippen molar-refractivity contribution in [3.05, 3.63) is 72.8 Å². The maximum Gasteiger partial charge on any atom is 0.331 e. The molecule has 150 valence electrons. The summed E-state index contributed by atoms with van der Waals surface area (Å²) in [5, 5.41) is 0. The summed E-state index contributed by atoms with van der Waals surface area (Å²) in [4.78, 5) is 12.6. The van der Waals surface area contributed by atoms with Crippen molar-refractivity contribution < 1.29 is 14.2 Å². The summed E-state index contributed by atoms with van der Waals surface area (Å²) in [6.07, 6.45) is 0. The molecule has 3 aromatic carbocycles. The van der Waals surface area contributed by atoms with Gasteiger partial charge in [-0.1, -0.05) is 18.2 Å². The molecule has 30 heavy (non-hydrogen) atoms. The Morgan fingerprint density at radius 3 is 1.03 bits per heavy atom. The average Bonchev–Trinajstić information content (AvgIpc) is 2.68. The molecule has 9 heteroatoms. The average molecular weight is 402 g/mol. The number of nitrogens with zero attached hydrogens (tertiary/aromatic N) is 3. The van der Waals surface area contributed by atoms with E-state index in [4.69, 9.17) is 31.4 Å². The van der Waals surface area contributed by atoms with Gasteiger partial charge in [-0.3, -0.25) is 0 Å². The van der Waals surface area contributed by atoms with Crippen LogP contribution in [-0.2, 0) is 0 Å². The van der Waals surface area contributed by atoms with E-state index < -0.39 is 0 Å². The van der Waals surface area contributed by atoms with E-state index in [-0.39, 0.29) is 18.0 Å². The summed E-state index contributed by atoms with van der Waals surface area (Å²) in [6, 6.07) is 20.4. The molecule has 0 unspecified atom stereocenters. The summed E-state index contributed by atoms with van der Waals surface area (Å²) in [7, 11) is 0. The van der Waals surface area contributed by atoms with Crippen LogP contribution in [0.3, 0.4) is 0 Å². The van der Waals surface area contributed by atoms with Crippen molar-refractivity contribution in [3.63, 3.8) is 0 Å². The number of nitrogens with two attached hydrogens (primary N) is 3. The lowest BCUT2D eigenvalue weighted by Crippen LogP contribution is -2.01. The molecule has 0 spiro atoms. The number of rotatable bonds is 6. The van der Waals surface area contributed by atoms with Gasteiger partial charge in [0.05, 0.1) is 0 Å². The number of aromatic nitrogens is 3. The summed E-state index contributed by atoms with van der Waals surface area (Å²) >= 11 is 0.